The highest BCUT2D eigenvalue weighted by Crippen LogP contribution is 2.31. The molecule has 0 N–H and O–H groups in total. The lowest BCUT2D eigenvalue weighted by Gasteiger charge is -2.25. The SMILES string of the molecule is CCCC1CCc2c(ccc(C#Cc3ccc(C#Cc4ccc(N=C=S)c(F)c4)cc3CC)c2F)C1. The van der Waals surface area contributed by atoms with Crippen LogP contribution in [-0.2, 0) is 19.3 Å². The van der Waals surface area contributed by atoms with E-state index in [9.17, 15) is 4.39 Å². The maximum Gasteiger partial charge on any atom is 0.150 e. The van der Waals surface area contributed by atoms with Gasteiger partial charge in [0.1, 0.15) is 11.5 Å². The summed E-state index contributed by atoms with van der Waals surface area (Å²) in [6.07, 6.45) is 5.95. The van der Waals surface area contributed by atoms with E-state index in [2.05, 4.69) is 66.0 Å². The van der Waals surface area contributed by atoms with E-state index >= 15 is 4.39 Å². The normalized spacial score (nSPS) is 13.9. The van der Waals surface area contributed by atoms with Crippen LogP contribution in [0.2, 0.25) is 0 Å². The molecule has 0 bridgehead atoms. The smallest absolute Gasteiger partial charge is 0.150 e. The van der Waals surface area contributed by atoms with Crippen LogP contribution in [0.15, 0.2) is 53.5 Å². The third-order valence-electron chi connectivity index (χ3n) is 6.63. The number of hydrogen-bond acceptors (Lipinski definition) is 2. The Morgan fingerprint density at radius 1 is 0.917 bits per heavy atom. The zero-order valence-electron chi connectivity index (χ0n) is 20.6. The van der Waals surface area contributed by atoms with Gasteiger partial charge in [-0.2, -0.15) is 4.99 Å². The Labute approximate surface area is 217 Å². The fourth-order valence-electron chi connectivity index (χ4n) is 4.72. The molecule has 0 aromatic heterocycles. The molecule has 3 aromatic rings. The van der Waals surface area contributed by atoms with Crippen LogP contribution in [0, 0.1) is 41.2 Å². The zero-order valence-corrected chi connectivity index (χ0v) is 21.4. The minimum Gasteiger partial charge on any atom is -0.205 e. The van der Waals surface area contributed by atoms with Crippen LogP contribution in [0.1, 0.15) is 72.1 Å². The number of thiocarbonyl (C=S) groups is 1. The van der Waals surface area contributed by atoms with Crippen LogP contribution < -0.4 is 0 Å². The van der Waals surface area contributed by atoms with E-state index in [4.69, 9.17) is 0 Å². The van der Waals surface area contributed by atoms with Crippen molar-refractivity contribution in [2.75, 3.05) is 0 Å². The Morgan fingerprint density at radius 2 is 1.64 bits per heavy atom. The van der Waals surface area contributed by atoms with Crippen LogP contribution in [0.3, 0.4) is 0 Å². The summed E-state index contributed by atoms with van der Waals surface area (Å²) >= 11 is 4.52. The minimum absolute atomic E-state index is 0.141. The van der Waals surface area contributed by atoms with Gasteiger partial charge in [-0.25, -0.2) is 8.78 Å². The Hall–Kier alpha value is -3.56. The second-order valence-electron chi connectivity index (χ2n) is 9.06. The molecule has 0 amide bonds. The number of isothiocyanates is 1. The van der Waals surface area contributed by atoms with Crippen LogP contribution >= 0.6 is 12.2 Å². The molecule has 1 nitrogen and oxygen atoms in total. The predicted molar refractivity (Wildman–Crippen MR) is 146 cm³/mol. The summed E-state index contributed by atoms with van der Waals surface area (Å²) in [6.45, 7) is 4.26. The second kappa shape index (κ2) is 11.9. The average Bonchev–Trinajstić information content (AvgIpc) is 2.89. The summed E-state index contributed by atoms with van der Waals surface area (Å²) in [4.78, 5) is 3.68. The molecule has 0 spiro atoms. The number of nitrogens with zero attached hydrogens (tertiary/aromatic N) is 1. The zero-order chi connectivity index (χ0) is 25.5. The average molecular weight is 496 g/mol. The van der Waals surface area contributed by atoms with Crippen molar-refractivity contribution in [3.63, 3.8) is 0 Å². The number of halogens is 2. The number of aryl methyl sites for hydroxylation is 1. The van der Waals surface area contributed by atoms with Crippen molar-refractivity contribution in [3.8, 4) is 23.7 Å². The first-order chi connectivity index (χ1) is 17.5. The first-order valence-electron chi connectivity index (χ1n) is 12.4. The Kier molecular flexibility index (Phi) is 8.45. The largest absolute Gasteiger partial charge is 0.205 e. The third kappa shape index (κ3) is 5.98. The van der Waals surface area contributed by atoms with Gasteiger partial charge in [-0.1, -0.05) is 56.4 Å². The van der Waals surface area contributed by atoms with Crippen molar-refractivity contribution in [3.05, 3.63) is 99.1 Å². The van der Waals surface area contributed by atoms with Crippen LogP contribution in [-0.4, -0.2) is 5.16 Å². The highest BCUT2D eigenvalue weighted by Gasteiger charge is 2.21. The fraction of sp³-hybridized carbons (Fsp3) is 0.281. The molecule has 36 heavy (non-hydrogen) atoms. The van der Waals surface area contributed by atoms with Gasteiger partial charge in [0.05, 0.1) is 10.7 Å². The molecule has 180 valence electrons. The standard InChI is InChI=1S/C32H27F2NS/c1-3-5-22-9-16-29-28(19-22)15-14-27(32(29)34)13-12-26-11-8-23(18-25(26)4-2)6-7-24-10-17-31(35-21-36)30(33)20-24/h8,10-11,14-15,17-18,20,22H,3-5,9,16,19H2,1-2H3. The summed E-state index contributed by atoms with van der Waals surface area (Å²) in [5.41, 5.74) is 5.82. The number of rotatable bonds is 4. The molecule has 4 rings (SSSR count). The maximum absolute atomic E-state index is 15.2. The summed E-state index contributed by atoms with van der Waals surface area (Å²) in [5.74, 6) is 12.3. The summed E-state index contributed by atoms with van der Waals surface area (Å²) in [6, 6.07) is 14.2. The second-order valence-corrected chi connectivity index (χ2v) is 9.24. The number of fused-ring (bicyclic) bond motifs is 1. The van der Waals surface area contributed by atoms with E-state index < -0.39 is 5.82 Å². The molecule has 3 aromatic carbocycles. The maximum atomic E-state index is 15.2. The van der Waals surface area contributed by atoms with Gasteiger partial charge in [-0.15, -0.1) is 0 Å². The molecule has 0 aliphatic heterocycles. The highest BCUT2D eigenvalue weighted by molar-refractivity contribution is 7.78. The van der Waals surface area contributed by atoms with Gasteiger partial charge in [0.2, 0.25) is 0 Å². The Balaban J connectivity index is 1.55. The van der Waals surface area contributed by atoms with E-state index in [0.717, 1.165) is 53.5 Å². The molecule has 1 aliphatic rings. The molecule has 0 radical (unpaired) electrons. The number of aliphatic imine (C=N–C) groups is 1. The van der Waals surface area contributed by atoms with Crippen molar-refractivity contribution in [1.82, 2.24) is 0 Å². The predicted octanol–water partition coefficient (Wildman–Crippen LogP) is 7.97. The summed E-state index contributed by atoms with van der Waals surface area (Å²) in [7, 11) is 0. The molecule has 0 saturated heterocycles. The number of hydrogen-bond donors (Lipinski definition) is 0. The van der Waals surface area contributed by atoms with Crippen LogP contribution in [0.5, 0.6) is 0 Å². The van der Waals surface area contributed by atoms with E-state index in [1.54, 1.807) is 6.07 Å². The lowest BCUT2D eigenvalue weighted by atomic mass is 9.81. The van der Waals surface area contributed by atoms with Crippen molar-refractivity contribution >= 4 is 23.1 Å². The summed E-state index contributed by atoms with van der Waals surface area (Å²) < 4.78 is 29.3. The van der Waals surface area contributed by atoms with E-state index in [1.165, 1.54) is 25.0 Å². The molecular formula is C32H27F2NS. The molecule has 0 fully saturated rings. The van der Waals surface area contributed by atoms with Crippen LogP contribution in [0.25, 0.3) is 0 Å². The molecule has 4 heteroatoms. The van der Waals surface area contributed by atoms with Gasteiger partial charge in [-0.05, 0) is 103 Å². The topological polar surface area (TPSA) is 12.4 Å². The molecule has 1 atom stereocenters. The summed E-state index contributed by atoms with van der Waals surface area (Å²) in [5, 5.41) is 2.16. The van der Waals surface area contributed by atoms with Crippen LogP contribution in [0.4, 0.5) is 14.5 Å². The molecule has 1 aliphatic carbocycles. The van der Waals surface area contributed by atoms with E-state index in [-0.39, 0.29) is 11.5 Å². The van der Waals surface area contributed by atoms with Crippen molar-refractivity contribution in [2.24, 2.45) is 10.9 Å². The van der Waals surface area contributed by atoms with Crippen molar-refractivity contribution < 1.29 is 8.78 Å². The first kappa shape index (κ1) is 25.5. The third-order valence-corrected chi connectivity index (χ3v) is 6.72. The molecule has 0 saturated carbocycles. The van der Waals surface area contributed by atoms with Gasteiger partial charge in [-0.3, -0.25) is 0 Å². The molecular weight excluding hydrogens is 468 g/mol. The van der Waals surface area contributed by atoms with Crippen molar-refractivity contribution in [1.29, 1.82) is 0 Å². The lowest BCUT2D eigenvalue weighted by Crippen LogP contribution is -2.16. The van der Waals surface area contributed by atoms with Gasteiger partial charge in [0.25, 0.3) is 0 Å². The van der Waals surface area contributed by atoms with Gasteiger partial charge in [0.15, 0.2) is 5.82 Å². The van der Waals surface area contributed by atoms with Crippen molar-refractivity contribution in [2.45, 2.75) is 52.4 Å². The van der Waals surface area contributed by atoms with Gasteiger partial charge in [0, 0.05) is 16.7 Å². The highest BCUT2D eigenvalue weighted by atomic mass is 32.1. The van der Waals surface area contributed by atoms with E-state index in [0.29, 0.717) is 17.0 Å². The Morgan fingerprint density at radius 3 is 2.36 bits per heavy atom. The van der Waals surface area contributed by atoms with Gasteiger partial charge < -0.3 is 0 Å². The quantitative estimate of drug-likeness (QED) is 0.203. The Bertz CT molecular complexity index is 1460. The molecule has 0 heterocycles. The first-order valence-corrected chi connectivity index (χ1v) is 12.8. The van der Waals surface area contributed by atoms with Gasteiger partial charge >= 0.3 is 0 Å². The minimum atomic E-state index is -0.491. The molecule has 1 unspecified atom stereocenters. The number of benzene rings is 3. The van der Waals surface area contributed by atoms with E-state index in [1.807, 2.05) is 24.3 Å². The monoisotopic (exact) mass is 495 g/mol. The lowest BCUT2D eigenvalue weighted by molar-refractivity contribution is 0.414. The fourth-order valence-corrected chi connectivity index (χ4v) is 4.82.